The number of hydrogen-bond donors (Lipinski definition) is 1. The molecule has 1 aliphatic rings. The van der Waals surface area contributed by atoms with Crippen molar-refractivity contribution in [2.24, 2.45) is 0 Å². The first-order chi connectivity index (χ1) is 10.6. The first-order valence-corrected chi connectivity index (χ1v) is 7.63. The third-order valence-electron chi connectivity index (χ3n) is 4.24. The van der Waals surface area contributed by atoms with E-state index in [1.807, 2.05) is 49.9 Å². The van der Waals surface area contributed by atoms with Crippen LogP contribution >= 0.6 is 0 Å². The van der Waals surface area contributed by atoms with E-state index in [9.17, 15) is 4.79 Å². The molecule has 1 atom stereocenters. The molecule has 0 bridgehead atoms. The Morgan fingerprint density at radius 1 is 1.27 bits per heavy atom. The van der Waals surface area contributed by atoms with Crippen LogP contribution in [0.5, 0.6) is 0 Å². The molecule has 1 aromatic heterocycles. The standard InChI is InChI=1S/C17H21N3O2/c1-11-6-8-14(9-7-11)18-17(21)20-10-4-5-15(20)16-12(2)19-22-13(16)3/h6-9,15H,4-5,10H2,1-3H3,(H,18,21). The number of hydrogen-bond acceptors (Lipinski definition) is 3. The molecule has 5 heteroatoms. The van der Waals surface area contributed by atoms with Crippen LogP contribution in [0.2, 0.25) is 0 Å². The minimum absolute atomic E-state index is 0.0525. The number of nitrogens with one attached hydrogen (secondary N) is 1. The van der Waals surface area contributed by atoms with Crippen LogP contribution in [0.3, 0.4) is 0 Å². The normalized spacial score (nSPS) is 17.8. The van der Waals surface area contributed by atoms with E-state index < -0.39 is 0 Å². The van der Waals surface area contributed by atoms with Crippen LogP contribution in [0.4, 0.5) is 10.5 Å². The number of aromatic nitrogens is 1. The molecule has 1 saturated heterocycles. The molecule has 1 fully saturated rings. The van der Waals surface area contributed by atoms with Gasteiger partial charge in [-0.05, 0) is 45.7 Å². The minimum Gasteiger partial charge on any atom is -0.361 e. The van der Waals surface area contributed by atoms with Gasteiger partial charge in [-0.15, -0.1) is 0 Å². The van der Waals surface area contributed by atoms with Gasteiger partial charge in [0, 0.05) is 17.8 Å². The van der Waals surface area contributed by atoms with E-state index in [1.54, 1.807) is 0 Å². The van der Waals surface area contributed by atoms with Gasteiger partial charge in [-0.1, -0.05) is 22.9 Å². The Morgan fingerprint density at radius 2 is 2.00 bits per heavy atom. The highest BCUT2D eigenvalue weighted by molar-refractivity contribution is 5.89. The maximum absolute atomic E-state index is 12.6. The number of nitrogens with zero attached hydrogens (tertiary/aromatic N) is 2. The lowest BCUT2D eigenvalue weighted by Gasteiger charge is -2.25. The zero-order valence-corrected chi connectivity index (χ0v) is 13.2. The van der Waals surface area contributed by atoms with Crippen LogP contribution < -0.4 is 5.32 Å². The molecule has 5 nitrogen and oxygen atoms in total. The van der Waals surface area contributed by atoms with Crippen LogP contribution in [0, 0.1) is 20.8 Å². The minimum atomic E-state index is -0.0636. The van der Waals surface area contributed by atoms with Gasteiger partial charge in [-0.25, -0.2) is 4.79 Å². The zero-order valence-electron chi connectivity index (χ0n) is 13.2. The molecule has 0 saturated carbocycles. The molecule has 22 heavy (non-hydrogen) atoms. The second kappa shape index (κ2) is 5.83. The van der Waals surface area contributed by atoms with Crippen molar-refractivity contribution in [2.75, 3.05) is 11.9 Å². The van der Waals surface area contributed by atoms with E-state index in [2.05, 4.69) is 10.5 Å². The molecule has 2 aromatic rings. The van der Waals surface area contributed by atoms with Gasteiger partial charge in [0.2, 0.25) is 0 Å². The first-order valence-electron chi connectivity index (χ1n) is 7.63. The third-order valence-corrected chi connectivity index (χ3v) is 4.24. The fourth-order valence-corrected chi connectivity index (χ4v) is 3.11. The molecule has 3 rings (SSSR count). The maximum atomic E-state index is 12.6. The Hall–Kier alpha value is -2.30. The smallest absolute Gasteiger partial charge is 0.322 e. The number of benzene rings is 1. The molecule has 1 aliphatic heterocycles. The number of aryl methyl sites for hydroxylation is 3. The monoisotopic (exact) mass is 299 g/mol. The van der Waals surface area contributed by atoms with Gasteiger partial charge in [-0.2, -0.15) is 0 Å². The average Bonchev–Trinajstić information content (AvgIpc) is 3.08. The summed E-state index contributed by atoms with van der Waals surface area (Å²) < 4.78 is 5.26. The number of carbonyl (C=O) groups excluding carboxylic acids is 1. The van der Waals surface area contributed by atoms with Gasteiger partial charge in [0.25, 0.3) is 0 Å². The second-order valence-corrected chi connectivity index (χ2v) is 5.89. The molecule has 1 N–H and O–H groups in total. The summed E-state index contributed by atoms with van der Waals surface area (Å²) in [5, 5.41) is 6.99. The molecule has 2 heterocycles. The molecule has 0 radical (unpaired) electrons. The molecule has 2 amide bonds. The van der Waals surface area contributed by atoms with Crippen molar-refractivity contribution >= 4 is 11.7 Å². The highest BCUT2D eigenvalue weighted by Gasteiger charge is 2.33. The van der Waals surface area contributed by atoms with E-state index >= 15 is 0 Å². The molecular formula is C17H21N3O2. The van der Waals surface area contributed by atoms with E-state index in [-0.39, 0.29) is 12.1 Å². The van der Waals surface area contributed by atoms with Crippen LogP contribution in [0.15, 0.2) is 28.8 Å². The maximum Gasteiger partial charge on any atom is 0.322 e. The van der Waals surface area contributed by atoms with Crippen LogP contribution in [-0.2, 0) is 0 Å². The quantitative estimate of drug-likeness (QED) is 0.912. The molecule has 1 unspecified atom stereocenters. The SMILES string of the molecule is Cc1ccc(NC(=O)N2CCCC2c2c(C)noc2C)cc1. The Bertz CT molecular complexity index is 656. The van der Waals surface area contributed by atoms with E-state index in [0.717, 1.165) is 42.1 Å². The molecule has 0 aliphatic carbocycles. The highest BCUT2D eigenvalue weighted by Crippen LogP contribution is 2.35. The fraction of sp³-hybridized carbons (Fsp3) is 0.412. The van der Waals surface area contributed by atoms with Crippen molar-refractivity contribution in [3.63, 3.8) is 0 Å². The lowest BCUT2D eigenvalue weighted by molar-refractivity contribution is 0.206. The predicted octanol–water partition coefficient (Wildman–Crippen LogP) is 3.97. The summed E-state index contributed by atoms with van der Waals surface area (Å²) in [5.74, 6) is 0.803. The van der Waals surface area contributed by atoms with Gasteiger partial charge in [0.1, 0.15) is 5.76 Å². The first kappa shape index (κ1) is 14.6. The number of urea groups is 1. The van der Waals surface area contributed by atoms with Gasteiger partial charge in [-0.3, -0.25) is 0 Å². The van der Waals surface area contributed by atoms with Gasteiger partial charge < -0.3 is 14.7 Å². The number of likely N-dealkylation sites (tertiary alicyclic amines) is 1. The summed E-state index contributed by atoms with van der Waals surface area (Å²) >= 11 is 0. The number of anilines is 1. The number of amides is 2. The van der Waals surface area contributed by atoms with E-state index in [1.165, 1.54) is 5.56 Å². The van der Waals surface area contributed by atoms with Gasteiger partial charge in [0.05, 0.1) is 11.7 Å². The zero-order chi connectivity index (χ0) is 15.7. The third kappa shape index (κ3) is 2.71. The molecule has 116 valence electrons. The average molecular weight is 299 g/mol. The van der Waals surface area contributed by atoms with Crippen molar-refractivity contribution in [2.45, 2.75) is 39.7 Å². The largest absolute Gasteiger partial charge is 0.361 e. The molecule has 1 aromatic carbocycles. The van der Waals surface area contributed by atoms with Gasteiger partial charge >= 0.3 is 6.03 Å². The molecular weight excluding hydrogens is 278 g/mol. The Labute approximate surface area is 130 Å². The summed E-state index contributed by atoms with van der Waals surface area (Å²) in [6.07, 6.45) is 1.94. The summed E-state index contributed by atoms with van der Waals surface area (Å²) in [4.78, 5) is 14.5. The van der Waals surface area contributed by atoms with Crippen molar-refractivity contribution in [3.8, 4) is 0 Å². The summed E-state index contributed by atoms with van der Waals surface area (Å²) in [6, 6.07) is 7.82. The topological polar surface area (TPSA) is 58.4 Å². The Balaban J connectivity index is 1.78. The Kier molecular flexibility index (Phi) is 3.88. The lowest BCUT2D eigenvalue weighted by Crippen LogP contribution is -2.34. The van der Waals surface area contributed by atoms with Crippen molar-refractivity contribution in [1.29, 1.82) is 0 Å². The lowest BCUT2D eigenvalue weighted by atomic mass is 10.0. The second-order valence-electron chi connectivity index (χ2n) is 5.89. The van der Waals surface area contributed by atoms with Crippen LogP contribution in [0.1, 0.15) is 41.5 Å². The van der Waals surface area contributed by atoms with Crippen molar-refractivity contribution in [3.05, 3.63) is 46.8 Å². The summed E-state index contributed by atoms with van der Waals surface area (Å²) in [7, 11) is 0. The number of rotatable bonds is 2. The highest BCUT2D eigenvalue weighted by atomic mass is 16.5. The van der Waals surface area contributed by atoms with Crippen LogP contribution in [-0.4, -0.2) is 22.6 Å². The summed E-state index contributed by atoms with van der Waals surface area (Å²) in [6.45, 7) is 6.62. The van der Waals surface area contributed by atoms with E-state index in [0.29, 0.717) is 0 Å². The van der Waals surface area contributed by atoms with Crippen molar-refractivity contribution < 1.29 is 9.32 Å². The van der Waals surface area contributed by atoms with E-state index in [4.69, 9.17) is 4.52 Å². The summed E-state index contributed by atoms with van der Waals surface area (Å²) in [5.41, 5.74) is 3.92. The number of carbonyl (C=O) groups is 1. The van der Waals surface area contributed by atoms with Crippen molar-refractivity contribution in [1.82, 2.24) is 10.1 Å². The fourth-order valence-electron chi connectivity index (χ4n) is 3.11. The van der Waals surface area contributed by atoms with Gasteiger partial charge in [0.15, 0.2) is 0 Å². The van der Waals surface area contributed by atoms with Crippen LogP contribution in [0.25, 0.3) is 0 Å². The molecule has 0 spiro atoms. The predicted molar refractivity (Wildman–Crippen MR) is 84.9 cm³/mol. The Morgan fingerprint density at radius 3 is 2.64 bits per heavy atom.